The summed E-state index contributed by atoms with van der Waals surface area (Å²) in [5.41, 5.74) is 2.72. The molecule has 2 aromatic carbocycles. The molecule has 31 heavy (non-hydrogen) atoms. The summed E-state index contributed by atoms with van der Waals surface area (Å²) in [6, 6.07) is 13.2. The molecule has 0 bridgehead atoms. The molecule has 1 amide bonds. The number of hydrazone groups is 1. The Balaban J connectivity index is 1.99. The standard InChI is InChI=1S/C24H31N3O4/c1-6-26(7-2)16-23(28)27-21(19-9-8-10-22(30-4)24(19)31-5)15-20(25-27)17-11-13-18(29-3)14-12-17/h8-14,21H,6-7,15-16H2,1-5H3/p+1/t21-/m0/s1. The van der Waals surface area contributed by atoms with Gasteiger partial charge < -0.3 is 19.1 Å². The van der Waals surface area contributed by atoms with Gasteiger partial charge in [0.15, 0.2) is 18.0 Å². The molecule has 0 saturated heterocycles. The summed E-state index contributed by atoms with van der Waals surface area (Å²) < 4.78 is 16.4. The van der Waals surface area contributed by atoms with E-state index >= 15 is 0 Å². The number of carbonyl (C=O) groups is 1. The van der Waals surface area contributed by atoms with E-state index in [1.165, 1.54) is 4.90 Å². The van der Waals surface area contributed by atoms with Crippen molar-refractivity contribution in [1.29, 1.82) is 0 Å². The number of methoxy groups -OCH3 is 3. The van der Waals surface area contributed by atoms with Gasteiger partial charge in [0.1, 0.15) is 5.75 Å². The first kappa shape index (κ1) is 22.6. The molecular weight excluding hydrogens is 394 g/mol. The van der Waals surface area contributed by atoms with Crippen molar-refractivity contribution in [3.63, 3.8) is 0 Å². The van der Waals surface area contributed by atoms with Gasteiger partial charge >= 0.3 is 0 Å². The highest BCUT2D eigenvalue weighted by molar-refractivity contribution is 6.03. The van der Waals surface area contributed by atoms with Crippen LogP contribution in [0.5, 0.6) is 17.2 Å². The van der Waals surface area contributed by atoms with E-state index in [1.54, 1.807) is 26.3 Å². The molecule has 3 rings (SSSR count). The molecule has 1 atom stereocenters. The van der Waals surface area contributed by atoms with Gasteiger partial charge in [0.05, 0.1) is 46.2 Å². The Bertz CT molecular complexity index is 923. The second-order valence-electron chi connectivity index (χ2n) is 7.45. The summed E-state index contributed by atoms with van der Waals surface area (Å²) in [5.74, 6) is 2.05. The summed E-state index contributed by atoms with van der Waals surface area (Å²) in [6.45, 7) is 6.35. The quantitative estimate of drug-likeness (QED) is 0.668. The van der Waals surface area contributed by atoms with Crippen molar-refractivity contribution in [3.05, 3.63) is 53.6 Å². The number of para-hydroxylation sites is 1. The normalized spacial score (nSPS) is 15.7. The minimum Gasteiger partial charge on any atom is -0.497 e. The van der Waals surface area contributed by atoms with Crippen LogP contribution in [-0.2, 0) is 4.79 Å². The molecule has 0 aliphatic carbocycles. The lowest BCUT2D eigenvalue weighted by Crippen LogP contribution is -3.12. The van der Waals surface area contributed by atoms with Gasteiger partial charge in [-0.1, -0.05) is 12.1 Å². The van der Waals surface area contributed by atoms with Gasteiger partial charge in [-0.25, -0.2) is 5.01 Å². The van der Waals surface area contributed by atoms with Gasteiger partial charge in [0.25, 0.3) is 5.91 Å². The average molecular weight is 427 g/mol. The highest BCUT2D eigenvalue weighted by atomic mass is 16.5. The molecular formula is C24H32N3O4+. The maximum absolute atomic E-state index is 13.3. The molecule has 0 saturated carbocycles. The van der Waals surface area contributed by atoms with Crippen LogP contribution in [0.1, 0.15) is 37.4 Å². The van der Waals surface area contributed by atoms with Gasteiger partial charge in [-0.3, -0.25) is 4.79 Å². The van der Waals surface area contributed by atoms with Gasteiger partial charge in [-0.05, 0) is 49.7 Å². The van der Waals surface area contributed by atoms with E-state index in [1.807, 2.05) is 42.5 Å². The maximum Gasteiger partial charge on any atom is 0.298 e. The van der Waals surface area contributed by atoms with Crippen molar-refractivity contribution in [3.8, 4) is 17.2 Å². The number of amides is 1. The van der Waals surface area contributed by atoms with Crippen LogP contribution >= 0.6 is 0 Å². The number of ether oxygens (including phenoxy) is 3. The summed E-state index contributed by atoms with van der Waals surface area (Å²) in [4.78, 5) is 14.5. The van der Waals surface area contributed by atoms with E-state index in [0.717, 1.165) is 35.7 Å². The molecule has 0 fully saturated rings. The van der Waals surface area contributed by atoms with E-state index in [2.05, 4.69) is 13.8 Å². The smallest absolute Gasteiger partial charge is 0.298 e. The first-order valence-electron chi connectivity index (χ1n) is 10.6. The second-order valence-corrected chi connectivity index (χ2v) is 7.45. The topological polar surface area (TPSA) is 64.8 Å². The van der Waals surface area contributed by atoms with E-state index in [4.69, 9.17) is 19.3 Å². The van der Waals surface area contributed by atoms with Crippen LogP contribution in [-0.4, -0.2) is 57.6 Å². The van der Waals surface area contributed by atoms with Crippen LogP contribution in [0, 0.1) is 0 Å². The Morgan fingerprint density at radius 1 is 1.03 bits per heavy atom. The van der Waals surface area contributed by atoms with Crippen LogP contribution in [0.4, 0.5) is 0 Å². The van der Waals surface area contributed by atoms with Gasteiger partial charge in [-0.15, -0.1) is 0 Å². The molecule has 1 heterocycles. The van der Waals surface area contributed by atoms with Crippen molar-refractivity contribution in [2.45, 2.75) is 26.3 Å². The predicted octanol–water partition coefficient (Wildman–Crippen LogP) is 2.31. The number of hydrogen-bond acceptors (Lipinski definition) is 5. The lowest BCUT2D eigenvalue weighted by atomic mass is 9.97. The van der Waals surface area contributed by atoms with Crippen LogP contribution in [0.15, 0.2) is 47.6 Å². The van der Waals surface area contributed by atoms with Crippen molar-refractivity contribution in [2.75, 3.05) is 41.0 Å². The number of nitrogens with one attached hydrogen (secondary N) is 1. The van der Waals surface area contributed by atoms with Crippen molar-refractivity contribution in [2.24, 2.45) is 5.10 Å². The molecule has 0 radical (unpaired) electrons. The maximum atomic E-state index is 13.3. The number of quaternary nitrogens is 1. The fourth-order valence-corrected chi connectivity index (χ4v) is 3.91. The minimum absolute atomic E-state index is 0.00270. The average Bonchev–Trinajstić information content (AvgIpc) is 3.27. The molecule has 7 heteroatoms. The number of benzene rings is 2. The lowest BCUT2D eigenvalue weighted by molar-refractivity contribution is -0.888. The van der Waals surface area contributed by atoms with E-state index in [-0.39, 0.29) is 11.9 Å². The summed E-state index contributed by atoms with van der Waals surface area (Å²) >= 11 is 0. The lowest BCUT2D eigenvalue weighted by Gasteiger charge is -2.25. The zero-order chi connectivity index (χ0) is 22.4. The van der Waals surface area contributed by atoms with Crippen molar-refractivity contribution >= 4 is 11.6 Å². The fraction of sp³-hybridized carbons (Fsp3) is 0.417. The van der Waals surface area contributed by atoms with E-state index < -0.39 is 0 Å². The third kappa shape index (κ3) is 4.82. The minimum atomic E-state index is -0.260. The van der Waals surface area contributed by atoms with Crippen LogP contribution in [0.25, 0.3) is 0 Å². The zero-order valence-corrected chi connectivity index (χ0v) is 19.0. The first-order valence-corrected chi connectivity index (χ1v) is 10.6. The number of carbonyl (C=O) groups excluding carboxylic acids is 1. The Labute approximate surface area is 184 Å². The number of rotatable bonds is 9. The molecule has 2 aromatic rings. The third-order valence-electron chi connectivity index (χ3n) is 5.78. The summed E-state index contributed by atoms with van der Waals surface area (Å²) in [7, 11) is 4.87. The Morgan fingerprint density at radius 3 is 2.32 bits per heavy atom. The van der Waals surface area contributed by atoms with E-state index in [9.17, 15) is 4.79 Å². The molecule has 1 N–H and O–H groups in total. The SMILES string of the molecule is CC[NH+](CC)CC(=O)N1N=C(c2ccc(OC)cc2)C[C@H]1c1cccc(OC)c1OC. The van der Waals surface area contributed by atoms with Crippen LogP contribution in [0.2, 0.25) is 0 Å². The monoisotopic (exact) mass is 426 g/mol. The van der Waals surface area contributed by atoms with Gasteiger partial charge in [0, 0.05) is 12.0 Å². The molecule has 0 spiro atoms. The molecule has 0 aromatic heterocycles. The first-order chi connectivity index (χ1) is 15.1. The molecule has 166 valence electrons. The fourth-order valence-electron chi connectivity index (χ4n) is 3.91. The number of hydrogen-bond donors (Lipinski definition) is 1. The third-order valence-corrected chi connectivity index (χ3v) is 5.78. The number of nitrogens with zero attached hydrogens (tertiary/aromatic N) is 2. The summed E-state index contributed by atoms with van der Waals surface area (Å²) in [5, 5.41) is 6.40. The highest BCUT2D eigenvalue weighted by Gasteiger charge is 2.36. The van der Waals surface area contributed by atoms with Gasteiger partial charge in [-0.2, -0.15) is 5.10 Å². The molecule has 0 unspecified atom stereocenters. The van der Waals surface area contributed by atoms with Crippen LogP contribution in [0.3, 0.4) is 0 Å². The Morgan fingerprint density at radius 2 is 1.74 bits per heavy atom. The molecule has 7 nitrogen and oxygen atoms in total. The molecule has 1 aliphatic rings. The second kappa shape index (κ2) is 10.3. The van der Waals surface area contributed by atoms with Crippen molar-refractivity contribution < 1.29 is 23.9 Å². The zero-order valence-electron chi connectivity index (χ0n) is 19.0. The number of likely N-dealkylation sites (N-methyl/N-ethyl adjacent to an activating group) is 1. The molecule has 1 aliphatic heterocycles. The van der Waals surface area contributed by atoms with Gasteiger partial charge in [0.2, 0.25) is 0 Å². The Hall–Kier alpha value is -3.06. The predicted molar refractivity (Wildman–Crippen MR) is 120 cm³/mol. The van der Waals surface area contributed by atoms with Crippen LogP contribution < -0.4 is 19.1 Å². The Kier molecular flexibility index (Phi) is 7.52. The summed E-state index contributed by atoms with van der Waals surface area (Å²) in [6.07, 6.45) is 0.592. The van der Waals surface area contributed by atoms with E-state index in [0.29, 0.717) is 24.5 Å². The largest absolute Gasteiger partial charge is 0.497 e. The van der Waals surface area contributed by atoms with Crippen molar-refractivity contribution in [1.82, 2.24) is 5.01 Å². The highest BCUT2D eigenvalue weighted by Crippen LogP contribution is 2.41.